The van der Waals surface area contributed by atoms with Crippen LogP contribution in [0.3, 0.4) is 0 Å². The van der Waals surface area contributed by atoms with E-state index in [1.807, 2.05) is 0 Å². The minimum absolute atomic E-state index is 0.00817. The van der Waals surface area contributed by atoms with Crippen molar-refractivity contribution >= 4 is 16.9 Å². The number of hydrogen-bond acceptors (Lipinski definition) is 7. The molecule has 1 N–H and O–H groups in total. The summed E-state index contributed by atoms with van der Waals surface area (Å²) >= 11 is 0. The van der Waals surface area contributed by atoms with Crippen LogP contribution in [0.25, 0.3) is 22.4 Å². The zero-order valence-corrected chi connectivity index (χ0v) is 19.7. The second kappa shape index (κ2) is 9.57. The van der Waals surface area contributed by atoms with Gasteiger partial charge in [0.25, 0.3) is 0 Å². The van der Waals surface area contributed by atoms with E-state index >= 15 is 4.39 Å². The third kappa shape index (κ3) is 4.73. The van der Waals surface area contributed by atoms with E-state index < -0.39 is 24.6 Å². The molecule has 3 aromatic heterocycles. The summed E-state index contributed by atoms with van der Waals surface area (Å²) in [6.07, 6.45) is -3.00. The summed E-state index contributed by atoms with van der Waals surface area (Å²) in [7, 11) is 4.35. The summed E-state index contributed by atoms with van der Waals surface area (Å²) in [5.74, 6) is -0.708. The van der Waals surface area contributed by atoms with Crippen LogP contribution in [0.4, 0.5) is 23.2 Å². The van der Waals surface area contributed by atoms with Gasteiger partial charge in [0.2, 0.25) is 0 Å². The largest absolute Gasteiger partial charge is 0.496 e. The van der Waals surface area contributed by atoms with Gasteiger partial charge in [-0.3, -0.25) is 9.67 Å². The molecule has 13 heteroatoms. The standard InChI is InChI=1S/C23H22F4N6O3/c1-12-16(35-3)7-17(36-4)20(24)21(12)31-19-6-5-14-22(33(19)11-18(34)23(25,26)27)30-15(9-28-14)13-8-29-32(2)10-13/h5-10,18,34H,11H2,1-4H3/b31-19+. The van der Waals surface area contributed by atoms with Gasteiger partial charge in [-0.2, -0.15) is 18.3 Å². The van der Waals surface area contributed by atoms with Crippen LogP contribution >= 0.6 is 0 Å². The molecule has 0 amide bonds. The van der Waals surface area contributed by atoms with E-state index in [9.17, 15) is 18.3 Å². The second-order valence-electron chi connectivity index (χ2n) is 7.91. The smallest absolute Gasteiger partial charge is 0.416 e. The molecule has 4 rings (SSSR count). The third-order valence-electron chi connectivity index (χ3n) is 5.52. The number of methoxy groups -OCH3 is 2. The summed E-state index contributed by atoms with van der Waals surface area (Å²) in [6, 6.07) is 4.21. The Morgan fingerprint density at radius 3 is 2.47 bits per heavy atom. The quantitative estimate of drug-likeness (QED) is 0.402. The van der Waals surface area contributed by atoms with Crippen LogP contribution < -0.4 is 15.0 Å². The molecule has 0 aliphatic heterocycles. The Hall–Kier alpha value is -4.00. The van der Waals surface area contributed by atoms with Crippen LogP contribution in [0.5, 0.6) is 11.5 Å². The molecule has 190 valence electrons. The Labute approximate surface area is 202 Å². The molecule has 0 aliphatic carbocycles. The minimum Gasteiger partial charge on any atom is -0.496 e. The number of hydrogen-bond donors (Lipinski definition) is 1. The van der Waals surface area contributed by atoms with Gasteiger partial charge in [0, 0.05) is 30.4 Å². The van der Waals surface area contributed by atoms with Crippen molar-refractivity contribution in [1.82, 2.24) is 24.3 Å². The minimum atomic E-state index is -4.92. The second-order valence-corrected chi connectivity index (χ2v) is 7.91. The first kappa shape index (κ1) is 25.1. The average molecular weight is 506 g/mol. The number of aliphatic hydroxyl groups is 1. The lowest BCUT2D eigenvalue weighted by molar-refractivity contribution is -0.207. The van der Waals surface area contributed by atoms with Crippen LogP contribution in [0.1, 0.15) is 5.56 Å². The van der Waals surface area contributed by atoms with Crippen LogP contribution in [0, 0.1) is 12.7 Å². The predicted molar refractivity (Wildman–Crippen MR) is 121 cm³/mol. The summed E-state index contributed by atoms with van der Waals surface area (Å²) in [4.78, 5) is 13.1. The number of alkyl halides is 3. The van der Waals surface area contributed by atoms with Crippen molar-refractivity contribution in [3.63, 3.8) is 0 Å². The van der Waals surface area contributed by atoms with Crippen molar-refractivity contribution in [3.8, 4) is 22.8 Å². The fraction of sp³-hybridized carbons (Fsp3) is 0.304. The Morgan fingerprint density at radius 2 is 1.86 bits per heavy atom. The molecule has 36 heavy (non-hydrogen) atoms. The Balaban J connectivity index is 2.02. The lowest BCUT2D eigenvalue weighted by Gasteiger charge is -2.18. The number of ether oxygens (including phenoxy) is 2. The van der Waals surface area contributed by atoms with Gasteiger partial charge in [-0.25, -0.2) is 14.4 Å². The maximum absolute atomic E-state index is 15.2. The number of halogens is 4. The molecular formula is C23H22F4N6O3. The molecule has 1 aromatic carbocycles. The maximum atomic E-state index is 15.2. The van der Waals surface area contributed by atoms with Gasteiger partial charge in [0.05, 0.1) is 38.9 Å². The number of aliphatic hydroxyl groups excluding tert-OH is 1. The van der Waals surface area contributed by atoms with E-state index in [0.29, 0.717) is 16.8 Å². The molecule has 4 aromatic rings. The van der Waals surface area contributed by atoms with Crippen LogP contribution in [0.15, 0.2) is 41.8 Å². The van der Waals surface area contributed by atoms with Crippen LogP contribution in [0.2, 0.25) is 0 Å². The van der Waals surface area contributed by atoms with Gasteiger partial charge in [0.1, 0.15) is 22.4 Å². The van der Waals surface area contributed by atoms with Crippen LogP contribution in [-0.4, -0.2) is 55.9 Å². The van der Waals surface area contributed by atoms with E-state index in [1.54, 1.807) is 20.2 Å². The molecule has 0 radical (unpaired) electrons. The molecule has 0 saturated carbocycles. The first-order valence-corrected chi connectivity index (χ1v) is 10.6. The first-order chi connectivity index (χ1) is 17.0. The van der Waals surface area contributed by atoms with Gasteiger partial charge >= 0.3 is 6.18 Å². The monoisotopic (exact) mass is 506 g/mol. The normalized spacial score (nSPS) is 13.3. The van der Waals surface area contributed by atoms with E-state index in [-0.39, 0.29) is 33.8 Å². The van der Waals surface area contributed by atoms with Crippen LogP contribution in [-0.2, 0) is 13.6 Å². The summed E-state index contributed by atoms with van der Waals surface area (Å²) in [5.41, 5.74) is 1.18. The van der Waals surface area contributed by atoms with Crippen molar-refractivity contribution in [2.45, 2.75) is 25.7 Å². The number of aryl methyl sites for hydroxylation is 1. The van der Waals surface area contributed by atoms with Gasteiger partial charge in [0.15, 0.2) is 23.3 Å². The van der Waals surface area contributed by atoms with Crippen molar-refractivity contribution < 1.29 is 32.1 Å². The molecule has 9 nitrogen and oxygen atoms in total. The summed E-state index contributed by atoms with van der Waals surface area (Å²) in [5, 5.41) is 14.0. The highest BCUT2D eigenvalue weighted by atomic mass is 19.4. The number of pyridine rings is 1. The van der Waals surface area contributed by atoms with E-state index in [4.69, 9.17) is 9.47 Å². The van der Waals surface area contributed by atoms with Crippen molar-refractivity contribution in [3.05, 3.63) is 53.7 Å². The fourth-order valence-electron chi connectivity index (χ4n) is 3.60. The average Bonchev–Trinajstić information content (AvgIpc) is 3.28. The molecule has 1 unspecified atom stereocenters. The Kier molecular flexibility index (Phi) is 6.67. The van der Waals surface area contributed by atoms with E-state index in [0.717, 1.165) is 4.57 Å². The van der Waals surface area contributed by atoms with Gasteiger partial charge in [-0.1, -0.05) is 0 Å². The lowest BCUT2D eigenvalue weighted by atomic mass is 10.1. The van der Waals surface area contributed by atoms with Gasteiger partial charge < -0.3 is 19.1 Å². The summed E-state index contributed by atoms with van der Waals surface area (Å²) in [6.45, 7) is 0.600. The molecule has 0 fully saturated rings. The Bertz CT molecular complexity index is 1470. The summed E-state index contributed by atoms with van der Waals surface area (Å²) < 4.78 is 68.1. The molecule has 1 atom stereocenters. The molecule has 0 spiro atoms. The zero-order chi connectivity index (χ0) is 26.2. The maximum Gasteiger partial charge on any atom is 0.416 e. The topological polar surface area (TPSA) is 99.6 Å². The highest BCUT2D eigenvalue weighted by Gasteiger charge is 2.38. The Morgan fingerprint density at radius 1 is 1.14 bits per heavy atom. The van der Waals surface area contributed by atoms with Crippen molar-refractivity contribution in [2.24, 2.45) is 12.0 Å². The van der Waals surface area contributed by atoms with E-state index in [2.05, 4.69) is 20.1 Å². The number of aromatic nitrogens is 5. The lowest BCUT2D eigenvalue weighted by Crippen LogP contribution is -2.37. The highest BCUT2D eigenvalue weighted by molar-refractivity contribution is 5.73. The number of nitrogens with zero attached hydrogens (tertiary/aromatic N) is 6. The fourth-order valence-corrected chi connectivity index (χ4v) is 3.60. The molecular weight excluding hydrogens is 484 g/mol. The molecule has 3 heterocycles. The third-order valence-corrected chi connectivity index (χ3v) is 5.52. The van der Waals surface area contributed by atoms with Crippen molar-refractivity contribution in [1.29, 1.82) is 0 Å². The SMILES string of the molecule is COc1cc(OC)c(F)c(/N=c2\ccc3ncc(-c4cnn(C)c4)nc3n2CC(O)C(F)(F)F)c1C. The molecule has 0 saturated heterocycles. The molecule has 0 aliphatic rings. The zero-order valence-electron chi connectivity index (χ0n) is 19.7. The first-order valence-electron chi connectivity index (χ1n) is 10.6. The molecule has 0 bridgehead atoms. The van der Waals surface area contributed by atoms with Gasteiger partial charge in [-0.15, -0.1) is 0 Å². The predicted octanol–water partition coefficient (Wildman–Crippen LogP) is 3.45. The highest BCUT2D eigenvalue weighted by Crippen LogP contribution is 2.37. The van der Waals surface area contributed by atoms with Gasteiger partial charge in [-0.05, 0) is 19.1 Å². The number of rotatable bonds is 6. The van der Waals surface area contributed by atoms with E-state index in [1.165, 1.54) is 49.5 Å². The number of fused-ring (bicyclic) bond motifs is 1. The number of benzene rings is 1. The van der Waals surface area contributed by atoms with Crippen molar-refractivity contribution in [2.75, 3.05) is 14.2 Å².